The first-order chi connectivity index (χ1) is 16.9. The van der Waals surface area contributed by atoms with E-state index in [1.807, 2.05) is 42.5 Å². The molecule has 1 aliphatic rings. The number of fused-ring (bicyclic) bond motifs is 3. The summed E-state index contributed by atoms with van der Waals surface area (Å²) in [6.45, 7) is 0.175. The van der Waals surface area contributed by atoms with Crippen LogP contribution in [-0.4, -0.2) is 46.2 Å². The molecule has 0 bridgehead atoms. The minimum Gasteiger partial charge on any atom is -0.480 e. The Morgan fingerprint density at radius 1 is 0.857 bits per heavy atom. The van der Waals surface area contributed by atoms with Crippen LogP contribution in [-0.2, 0) is 16.0 Å². The number of aliphatic carboxylic acids is 1. The minimum absolute atomic E-state index is 0.0863. The van der Waals surface area contributed by atoms with E-state index < -0.39 is 23.8 Å². The van der Waals surface area contributed by atoms with Gasteiger partial charge in [-0.25, -0.2) is 4.79 Å². The number of hydrogen-bond acceptors (Lipinski definition) is 4. The second-order valence-electron chi connectivity index (χ2n) is 8.58. The minimum atomic E-state index is -1.22. The molecular formula is C28H26N2O5. The predicted molar refractivity (Wildman–Crippen MR) is 131 cm³/mol. The molecule has 3 aromatic rings. The lowest BCUT2D eigenvalue weighted by atomic mass is 10.0. The van der Waals surface area contributed by atoms with Gasteiger partial charge in [0.2, 0.25) is 5.91 Å². The van der Waals surface area contributed by atoms with Crippen LogP contribution < -0.4 is 5.73 Å². The van der Waals surface area contributed by atoms with Gasteiger partial charge in [-0.1, -0.05) is 60.7 Å². The first-order valence-corrected chi connectivity index (χ1v) is 11.5. The second-order valence-corrected chi connectivity index (χ2v) is 8.58. The molecule has 7 heteroatoms. The SMILES string of the molecule is NC(=O)CC[C@@H](C(=O)O)N(CCCc1ccccc1)C(=O)c1ccc2c(c1)C(=O)c1ccccc1-2. The fourth-order valence-electron chi connectivity index (χ4n) is 4.52. The molecule has 0 radical (unpaired) electrons. The molecule has 0 unspecified atom stereocenters. The average Bonchev–Trinajstić information content (AvgIpc) is 3.14. The molecule has 4 rings (SSSR count). The van der Waals surface area contributed by atoms with E-state index in [1.54, 1.807) is 24.3 Å². The van der Waals surface area contributed by atoms with Crippen molar-refractivity contribution in [1.82, 2.24) is 4.90 Å². The maximum absolute atomic E-state index is 13.6. The van der Waals surface area contributed by atoms with Crippen molar-refractivity contribution in [3.8, 4) is 11.1 Å². The average molecular weight is 471 g/mol. The van der Waals surface area contributed by atoms with Gasteiger partial charge >= 0.3 is 5.97 Å². The van der Waals surface area contributed by atoms with E-state index in [2.05, 4.69) is 0 Å². The lowest BCUT2D eigenvalue weighted by molar-refractivity contribution is -0.142. The van der Waals surface area contributed by atoms with Crippen LogP contribution in [0.4, 0.5) is 0 Å². The number of hydrogen-bond donors (Lipinski definition) is 2. The largest absolute Gasteiger partial charge is 0.480 e. The Morgan fingerprint density at radius 2 is 1.51 bits per heavy atom. The molecule has 0 aliphatic heterocycles. The summed E-state index contributed by atoms with van der Waals surface area (Å²) < 4.78 is 0. The highest BCUT2D eigenvalue weighted by atomic mass is 16.4. The number of carboxylic acids is 1. The molecule has 1 aliphatic carbocycles. The smallest absolute Gasteiger partial charge is 0.326 e. The molecule has 0 spiro atoms. The molecule has 0 heterocycles. The maximum Gasteiger partial charge on any atom is 0.326 e. The van der Waals surface area contributed by atoms with Gasteiger partial charge < -0.3 is 15.7 Å². The number of ketones is 1. The fourth-order valence-corrected chi connectivity index (χ4v) is 4.52. The Balaban J connectivity index is 1.61. The Bertz CT molecular complexity index is 1290. The number of aryl methyl sites for hydroxylation is 1. The van der Waals surface area contributed by atoms with Crippen molar-refractivity contribution < 1.29 is 24.3 Å². The molecule has 0 aromatic heterocycles. The van der Waals surface area contributed by atoms with Gasteiger partial charge in [-0.2, -0.15) is 0 Å². The van der Waals surface area contributed by atoms with Crippen molar-refractivity contribution in [3.05, 3.63) is 95.1 Å². The van der Waals surface area contributed by atoms with E-state index in [4.69, 9.17) is 5.73 Å². The summed E-state index contributed by atoms with van der Waals surface area (Å²) in [5.74, 6) is -2.50. The van der Waals surface area contributed by atoms with Crippen LogP contribution in [0.1, 0.15) is 51.1 Å². The molecule has 178 valence electrons. The summed E-state index contributed by atoms with van der Waals surface area (Å²) in [6, 6.07) is 20.6. The van der Waals surface area contributed by atoms with Crippen LogP contribution in [0.3, 0.4) is 0 Å². The van der Waals surface area contributed by atoms with E-state index in [-0.39, 0.29) is 30.7 Å². The number of primary amides is 1. The normalized spacial score (nSPS) is 12.5. The number of carboxylic acid groups (broad SMARTS) is 1. The highest BCUT2D eigenvalue weighted by Gasteiger charge is 2.32. The summed E-state index contributed by atoms with van der Waals surface area (Å²) >= 11 is 0. The van der Waals surface area contributed by atoms with E-state index in [9.17, 15) is 24.3 Å². The summed E-state index contributed by atoms with van der Waals surface area (Å²) in [5.41, 5.74) is 9.12. The third kappa shape index (κ3) is 5.14. The van der Waals surface area contributed by atoms with Crippen LogP contribution in [0.2, 0.25) is 0 Å². The zero-order valence-electron chi connectivity index (χ0n) is 19.1. The molecule has 7 nitrogen and oxygen atoms in total. The summed E-state index contributed by atoms with van der Waals surface area (Å²) in [7, 11) is 0. The zero-order chi connectivity index (χ0) is 24.9. The number of nitrogens with zero attached hydrogens (tertiary/aromatic N) is 1. The Hall–Kier alpha value is -4.26. The molecular weight excluding hydrogens is 444 g/mol. The van der Waals surface area contributed by atoms with Gasteiger partial charge in [0.25, 0.3) is 5.91 Å². The molecule has 3 N–H and O–H groups in total. The molecule has 0 fully saturated rings. The van der Waals surface area contributed by atoms with Gasteiger partial charge in [0, 0.05) is 29.7 Å². The predicted octanol–water partition coefficient (Wildman–Crippen LogP) is 3.69. The Morgan fingerprint density at radius 3 is 2.20 bits per heavy atom. The van der Waals surface area contributed by atoms with Gasteiger partial charge in [-0.15, -0.1) is 0 Å². The maximum atomic E-state index is 13.6. The van der Waals surface area contributed by atoms with Gasteiger partial charge in [0.1, 0.15) is 6.04 Å². The van der Waals surface area contributed by atoms with Gasteiger partial charge in [0.15, 0.2) is 5.78 Å². The van der Waals surface area contributed by atoms with Crippen LogP contribution in [0.15, 0.2) is 72.8 Å². The number of carbonyl (C=O) groups excluding carboxylic acids is 3. The molecule has 2 amide bonds. The number of rotatable bonds is 10. The highest BCUT2D eigenvalue weighted by Crippen LogP contribution is 2.37. The molecule has 0 saturated carbocycles. The van der Waals surface area contributed by atoms with Crippen molar-refractivity contribution in [1.29, 1.82) is 0 Å². The zero-order valence-corrected chi connectivity index (χ0v) is 19.1. The quantitative estimate of drug-likeness (QED) is 0.367. The van der Waals surface area contributed by atoms with E-state index in [0.717, 1.165) is 16.7 Å². The van der Waals surface area contributed by atoms with Crippen molar-refractivity contribution >= 4 is 23.6 Å². The lowest BCUT2D eigenvalue weighted by Gasteiger charge is -2.29. The number of nitrogens with two attached hydrogens (primary N) is 1. The fraction of sp³-hybridized carbons (Fsp3) is 0.214. The second kappa shape index (κ2) is 10.3. The van der Waals surface area contributed by atoms with E-state index >= 15 is 0 Å². The Kier molecular flexibility index (Phi) is 7.06. The third-order valence-corrected chi connectivity index (χ3v) is 6.27. The van der Waals surface area contributed by atoms with E-state index in [1.165, 1.54) is 11.0 Å². The summed E-state index contributed by atoms with van der Waals surface area (Å²) in [4.78, 5) is 51.2. The summed E-state index contributed by atoms with van der Waals surface area (Å²) in [5, 5.41) is 9.88. The Labute approximate surface area is 203 Å². The van der Waals surface area contributed by atoms with Gasteiger partial charge in [-0.3, -0.25) is 14.4 Å². The van der Waals surface area contributed by atoms with Crippen LogP contribution >= 0.6 is 0 Å². The van der Waals surface area contributed by atoms with Gasteiger partial charge in [-0.05, 0) is 48.1 Å². The first kappa shape index (κ1) is 23.9. The topological polar surface area (TPSA) is 118 Å². The monoisotopic (exact) mass is 470 g/mol. The number of carbonyl (C=O) groups is 4. The number of amides is 2. The van der Waals surface area contributed by atoms with Crippen molar-refractivity contribution in [2.45, 2.75) is 31.7 Å². The standard InChI is InChI=1S/C28H26N2O5/c29-25(31)15-14-24(28(34)35)30(16-6-9-18-7-2-1-3-8-18)27(33)19-12-13-21-20-10-4-5-11-22(20)26(32)23(21)17-19/h1-5,7-8,10-13,17,24H,6,9,14-16H2,(H2,29,31)(H,34,35)/t24-/m0/s1. The van der Waals surface area contributed by atoms with Crippen molar-refractivity contribution in [3.63, 3.8) is 0 Å². The first-order valence-electron chi connectivity index (χ1n) is 11.5. The van der Waals surface area contributed by atoms with Crippen molar-refractivity contribution in [2.75, 3.05) is 6.54 Å². The molecule has 0 saturated heterocycles. The van der Waals surface area contributed by atoms with Crippen LogP contribution in [0.25, 0.3) is 11.1 Å². The van der Waals surface area contributed by atoms with E-state index in [0.29, 0.717) is 24.0 Å². The molecule has 3 aromatic carbocycles. The summed E-state index contributed by atoms with van der Waals surface area (Å²) in [6.07, 6.45) is 0.949. The van der Waals surface area contributed by atoms with Gasteiger partial charge in [0.05, 0.1) is 0 Å². The number of benzene rings is 3. The highest BCUT2D eigenvalue weighted by molar-refractivity contribution is 6.22. The van der Waals surface area contributed by atoms with Crippen LogP contribution in [0.5, 0.6) is 0 Å². The molecule has 1 atom stereocenters. The van der Waals surface area contributed by atoms with Crippen LogP contribution in [0, 0.1) is 0 Å². The molecule has 35 heavy (non-hydrogen) atoms. The lowest BCUT2D eigenvalue weighted by Crippen LogP contribution is -2.46. The third-order valence-electron chi connectivity index (χ3n) is 6.27. The van der Waals surface area contributed by atoms with Crippen molar-refractivity contribution in [2.24, 2.45) is 5.73 Å².